The van der Waals surface area contributed by atoms with Crippen LogP contribution >= 0.6 is 0 Å². The molecule has 0 saturated carbocycles. The van der Waals surface area contributed by atoms with Crippen molar-refractivity contribution in [2.75, 3.05) is 52.4 Å². The van der Waals surface area contributed by atoms with Gasteiger partial charge in [0.1, 0.15) is 0 Å². The predicted molar refractivity (Wildman–Crippen MR) is 59.8 cm³/mol. The third-order valence-corrected chi connectivity index (χ3v) is 2.39. The van der Waals surface area contributed by atoms with Crippen LogP contribution in [0.1, 0.15) is 0 Å². The van der Waals surface area contributed by atoms with E-state index in [0.29, 0.717) is 0 Å². The lowest BCUT2D eigenvalue weighted by molar-refractivity contribution is 0.200. The van der Waals surface area contributed by atoms with Gasteiger partial charge in [0.2, 0.25) is 0 Å². The van der Waals surface area contributed by atoms with Crippen molar-refractivity contribution in [1.82, 2.24) is 20.9 Å². The Morgan fingerprint density at radius 3 is 1.53 bits per heavy atom. The topological polar surface area (TPSA) is 82.4 Å². The van der Waals surface area contributed by atoms with E-state index >= 15 is 0 Å². The first-order valence-corrected chi connectivity index (χ1v) is 5.47. The molecule has 5 N–H and O–H groups in total. The lowest BCUT2D eigenvalue weighted by Crippen LogP contribution is -2.48. The van der Waals surface area contributed by atoms with E-state index in [-0.39, 0.29) is 6.03 Å². The molecule has 2 heterocycles. The Morgan fingerprint density at radius 1 is 0.867 bits per heavy atom. The number of nitrogens with one attached hydrogen (secondary N) is 3. The summed E-state index contributed by atoms with van der Waals surface area (Å²) < 4.78 is 0. The Labute approximate surface area is 90.6 Å². The maximum absolute atomic E-state index is 10.5. The van der Waals surface area contributed by atoms with Crippen molar-refractivity contribution < 1.29 is 4.79 Å². The number of amides is 2. The van der Waals surface area contributed by atoms with Crippen molar-refractivity contribution in [2.45, 2.75) is 0 Å². The van der Waals surface area contributed by atoms with E-state index in [0.717, 1.165) is 52.4 Å². The zero-order valence-corrected chi connectivity index (χ0v) is 9.09. The van der Waals surface area contributed by atoms with Crippen molar-refractivity contribution >= 4 is 6.03 Å². The molecule has 2 fully saturated rings. The van der Waals surface area contributed by atoms with Crippen LogP contribution in [0.25, 0.3) is 0 Å². The molecule has 0 atom stereocenters. The Kier molecular flexibility index (Phi) is 6.06. The van der Waals surface area contributed by atoms with Crippen LogP contribution in [0.4, 0.5) is 4.79 Å². The minimum atomic E-state index is -0.309. The summed E-state index contributed by atoms with van der Waals surface area (Å²) in [6, 6.07) is -0.309. The summed E-state index contributed by atoms with van der Waals surface area (Å²) in [6.07, 6.45) is 0. The number of hydrogen-bond acceptors (Lipinski definition) is 4. The summed E-state index contributed by atoms with van der Waals surface area (Å²) in [5.41, 5.74) is 5.03. The molecule has 0 bridgehead atoms. The molecule has 2 amide bonds. The van der Waals surface area contributed by atoms with Crippen LogP contribution in [0, 0.1) is 0 Å². The van der Waals surface area contributed by atoms with Crippen LogP contribution in [0.15, 0.2) is 0 Å². The predicted octanol–water partition coefficient (Wildman–Crippen LogP) is -1.85. The van der Waals surface area contributed by atoms with Crippen LogP contribution in [-0.4, -0.2) is 63.3 Å². The van der Waals surface area contributed by atoms with Gasteiger partial charge >= 0.3 is 6.03 Å². The van der Waals surface area contributed by atoms with Crippen LogP contribution in [0.2, 0.25) is 0 Å². The Bertz CT molecular complexity index is 166. The molecule has 2 saturated heterocycles. The highest BCUT2D eigenvalue weighted by Gasteiger charge is 2.11. The summed E-state index contributed by atoms with van der Waals surface area (Å²) in [6.45, 7) is 7.77. The maximum atomic E-state index is 10.5. The second-order valence-electron chi connectivity index (χ2n) is 3.58. The normalized spacial score (nSPS) is 21.5. The molecule has 88 valence electrons. The van der Waals surface area contributed by atoms with E-state index in [4.69, 9.17) is 5.73 Å². The highest BCUT2D eigenvalue weighted by atomic mass is 16.2. The van der Waals surface area contributed by atoms with Gasteiger partial charge in [0.25, 0.3) is 0 Å². The molecule has 2 rings (SSSR count). The third-order valence-electron chi connectivity index (χ3n) is 2.39. The number of hydrogen-bond donors (Lipinski definition) is 4. The van der Waals surface area contributed by atoms with Crippen LogP contribution in [0.3, 0.4) is 0 Å². The number of rotatable bonds is 0. The molecule has 6 heteroatoms. The van der Waals surface area contributed by atoms with Gasteiger partial charge in [-0.1, -0.05) is 0 Å². The summed E-state index contributed by atoms with van der Waals surface area (Å²) in [7, 11) is 0. The summed E-state index contributed by atoms with van der Waals surface area (Å²) in [4.78, 5) is 12.1. The van der Waals surface area contributed by atoms with Gasteiger partial charge in [0, 0.05) is 52.4 Å². The number of piperazine rings is 2. The average molecular weight is 215 g/mol. The Morgan fingerprint density at radius 2 is 1.27 bits per heavy atom. The van der Waals surface area contributed by atoms with E-state index in [9.17, 15) is 4.79 Å². The monoisotopic (exact) mass is 215 g/mol. The molecule has 2 aliphatic rings. The first-order valence-electron chi connectivity index (χ1n) is 5.47. The number of nitrogens with two attached hydrogens (primary N) is 1. The Hall–Kier alpha value is -0.850. The fourth-order valence-electron chi connectivity index (χ4n) is 1.49. The number of carbonyl (C=O) groups excluding carboxylic acids is 1. The van der Waals surface area contributed by atoms with E-state index < -0.39 is 0 Å². The first kappa shape index (κ1) is 12.2. The number of urea groups is 1. The van der Waals surface area contributed by atoms with E-state index in [2.05, 4.69) is 16.0 Å². The molecule has 0 aromatic carbocycles. The van der Waals surface area contributed by atoms with Crippen molar-refractivity contribution in [3.63, 3.8) is 0 Å². The van der Waals surface area contributed by atoms with Gasteiger partial charge in [0.05, 0.1) is 0 Å². The van der Waals surface area contributed by atoms with E-state index in [1.54, 1.807) is 4.90 Å². The second kappa shape index (κ2) is 7.44. The number of nitrogens with zero attached hydrogens (tertiary/aromatic N) is 1. The summed E-state index contributed by atoms with van der Waals surface area (Å²) in [5, 5.41) is 9.56. The third kappa shape index (κ3) is 5.56. The van der Waals surface area contributed by atoms with Gasteiger partial charge in [-0.05, 0) is 0 Å². The standard InChI is InChI=1S/C5H11N3O.C4H10N2/c6-5(9)8-3-1-7-2-4-8;1-2-6-4-3-5-1/h7H,1-4H2,(H2,6,9);5-6H,1-4H2. The van der Waals surface area contributed by atoms with Gasteiger partial charge in [0.15, 0.2) is 0 Å². The molecular weight excluding hydrogens is 194 g/mol. The zero-order chi connectivity index (χ0) is 10.9. The largest absolute Gasteiger partial charge is 0.351 e. The molecule has 0 unspecified atom stereocenters. The highest BCUT2D eigenvalue weighted by molar-refractivity contribution is 5.72. The molecule has 0 spiro atoms. The smallest absolute Gasteiger partial charge is 0.314 e. The molecule has 0 aliphatic carbocycles. The van der Waals surface area contributed by atoms with Crippen molar-refractivity contribution in [3.8, 4) is 0 Å². The molecule has 0 aromatic rings. The fourth-order valence-corrected chi connectivity index (χ4v) is 1.49. The molecule has 0 aromatic heterocycles. The van der Waals surface area contributed by atoms with Gasteiger partial charge in [-0.25, -0.2) is 4.79 Å². The van der Waals surface area contributed by atoms with Crippen molar-refractivity contribution in [2.24, 2.45) is 5.73 Å². The molecule has 0 radical (unpaired) electrons. The van der Waals surface area contributed by atoms with Gasteiger partial charge < -0.3 is 26.6 Å². The number of carbonyl (C=O) groups is 1. The minimum Gasteiger partial charge on any atom is -0.351 e. The highest BCUT2D eigenvalue weighted by Crippen LogP contribution is 1.89. The number of primary amides is 1. The SMILES string of the molecule is C1CNCCN1.NC(=O)N1CCNCC1. The Balaban J connectivity index is 0.000000162. The van der Waals surface area contributed by atoms with Gasteiger partial charge in [-0.3, -0.25) is 0 Å². The summed E-state index contributed by atoms with van der Waals surface area (Å²) in [5.74, 6) is 0. The molecule has 15 heavy (non-hydrogen) atoms. The van der Waals surface area contributed by atoms with E-state index in [1.807, 2.05) is 0 Å². The van der Waals surface area contributed by atoms with Gasteiger partial charge in [-0.15, -0.1) is 0 Å². The first-order chi connectivity index (χ1) is 7.30. The minimum absolute atomic E-state index is 0.309. The molecular formula is C9H21N5O. The van der Waals surface area contributed by atoms with Crippen LogP contribution < -0.4 is 21.7 Å². The quantitative estimate of drug-likeness (QED) is 0.382. The molecule has 2 aliphatic heterocycles. The lowest BCUT2D eigenvalue weighted by atomic mass is 10.4. The van der Waals surface area contributed by atoms with Gasteiger partial charge in [-0.2, -0.15) is 0 Å². The second-order valence-corrected chi connectivity index (χ2v) is 3.58. The summed E-state index contributed by atoms with van der Waals surface area (Å²) >= 11 is 0. The maximum Gasteiger partial charge on any atom is 0.314 e. The zero-order valence-electron chi connectivity index (χ0n) is 9.09. The molecule has 6 nitrogen and oxygen atoms in total. The fraction of sp³-hybridized carbons (Fsp3) is 0.889. The van der Waals surface area contributed by atoms with Crippen LogP contribution in [-0.2, 0) is 0 Å². The van der Waals surface area contributed by atoms with Crippen molar-refractivity contribution in [3.05, 3.63) is 0 Å². The van der Waals surface area contributed by atoms with Crippen molar-refractivity contribution in [1.29, 1.82) is 0 Å². The lowest BCUT2D eigenvalue weighted by Gasteiger charge is -2.25. The van der Waals surface area contributed by atoms with E-state index in [1.165, 1.54) is 0 Å². The van der Waals surface area contributed by atoms with Crippen LogP contribution in [0.5, 0.6) is 0 Å². The average Bonchev–Trinajstić information content (AvgIpc) is 2.33.